The molecule has 0 spiro atoms. The average Bonchev–Trinajstić information content (AvgIpc) is 2.17. The Kier molecular flexibility index (Phi) is 4.76. The second-order valence-corrected chi connectivity index (χ2v) is 6.21. The molecule has 0 saturated carbocycles. The molecule has 90 valence electrons. The average molecular weight is 308 g/mol. The largest absolute Gasteiger partial charge is 0.395 e. The Hall–Kier alpha value is -0.590. The van der Waals surface area contributed by atoms with Crippen molar-refractivity contribution in [3.8, 4) is 0 Å². The van der Waals surface area contributed by atoms with Crippen molar-refractivity contribution in [3.05, 3.63) is 22.7 Å². The van der Waals surface area contributed by atoms with E-state index in [1.54, 1.807) is 12.1 Å². The van der Waals surface area contributed by atoms with Crippen molar-refractivity contribution in [2.75, 3.05) is 24.2 Å². The van der Waals surface area contributed by atoms with Gasteiger partial charge in [0.1, 0.15) is 0 Å². The SMILES string of the molecule is CCNc1cc(Br)ccc1S(=O)(=O)CCO. The van der Waals surface area contributed by atoms with Crippen molar-refractivity contribution in [3.63, 3.8) is 0 Å². The Bertz CT molecular complexity index is 459. The number of hydrogen-bond donors (Lipinski definition) is 2. The van der Waals surface area contributed by atoms with Crippen molar-refractivity contribution < 1.29 is 13.5 Å². The van der Waals surface area contributed by atoms with Crippen LogP contribution in [0.4, 0.5) is 5.69 Å². The normalized spacial score (nSPS) is 11.4. The van der Waals surface area contributed by atoms with Gasteiger partial charge < -0.3 is 10.4 Å². The van der Waals surface area contributed by atoms with Gasteiger partial charge in [-0.1, -0.05) is 15.9 Å². The molecule has 0 amide bonds. The predicted molar refractivity (Wildman–Crippen MR) is 67.4 cm³/mol. The van der Waals surface area contributed by atoms with Gasteiger partial charge in [0.15, 0.2) is 9.84 Å². The maximum absolute atomic E-state index is 11.8. The molecule has 1 rings (SSSR count). The number of aliphatic hydroxyl groups is 1. The molecule has 0 unspecified atom stereocenters. The third-order valence-corrected chi connectivity index (χ3v) is 4.24. The van der Waals surface area contributed by atoms with E-state index in [1.807, 2.05) is 6.92 Å². The summed E-state index contributed by atoms with van der Waals surface area (Å²) < 4.78 is 24.5. The Morgan fingerprint density at radius 3 is 2.69 bits per heavy atom. The van der Waals surface area contributed by atoms with Crippen LogP contribution in [0.3, 0.4) is 0 Å². The van der Waals surface area contributed by atoms with E-state index in [2.05, 4.69) is 21.2 Å². The highest BCUT2D eigenvalue weighted by atomic mass is 79.9. The number of sulfone groups is 1. The van der Waals surface area contributed by atoms with E-state index >= 15 is 0 Å². The molecule has 4 nitrogen and oxygen atoms in total. The predicted octanol–water partition coefficient (Wildman–Crippen LogP) is 1.65. The Balaban J connectivity index is 3.22. The topological polar surface area (TPSA) is 66.4 Å². The van der Waals surface area contributed by atoms with Gasteiger partial charge >= 0.3 is 0 Å². The van der Waals surface area contributed by atoms with Crippen LogP contribution in [0.25, 0.3) is 0 Å². The first kappa shape index (κ1) is 13.5. The summed E-state index contributed by atoms with van der Waals surface area (Å²) in [5.41, 5.74) is 0.560. The fourth-order valence-corrected chi connectivity index (χ4v) is 2.90. The lowest BCUT2D eigenvalue weighted by molar-refractivity contribution is 0.319. The lowest BCUT2D eigenvalue weighted by Gasteiger charge is -2.11. The van der Waals surface area contributed by atoms with Gasteiger partial charge in [0, 0.05) is 11.0 Å². The van der Waals surface area contributed by atoms with Crippen LogP contribution >= 0.6 is 15.9 Å². The summed E-state index contributed by atoms with van der Waals surface area (Å²) in [6.45, 7) is 2.16. The van der Waals surface area contributed by atoms with E-state index in [-0.39, 0.29) is 17.3 Å². The molecular formula is C10H14BrNO3S. The second kappa shape index (κ2) is 5.65. The molecule has 1 aromatic rings. The van der Waals surface area contributed by atoms with Gasteiger partial charge in [0.2, 0.25) is 0 Å². The molecule has 0 fully saturated rings. The van der Waals surface area contributed by atoms with E-state index in [0.29, 0.717) is 12.2 Å². The maximum atomic E-state index is 11.8. The van der Waals surface area contributed by atoms with Crippen LogP contribution in [0.5, 0.6) is 0 Å². The molecule has 0 bridgehead atoms. The van der Waals surface area contributed by atoms with Crippen LogP contribution < -0.4 is 5.32 Å². The van der Waals surface area contributed by atoms with Gasteiger partial charge in [-0.15, -0.1) is 0 Å². The highest BCUT2D eigenvalue weighted by Crippen LogP contribution is 2.26. The molecule has 16 heavy (non-hydrogen) atoms. The molecule has 0 heterocycles. The minimum Gasteiger partial charge on any atom is -0.395 e. The maximum Gasteiger partial charge on any atom is 0.182 e. The van der Waals surface area contributed by atoms with Crippen molar-refractivity contribution in [2.24, 2.45) is 0 Å². The molecule has 0 aliphatic rings. The number of hydrogen-bond acceptors (Lipinski definition) is 4. The lowest BCUT2D eigenvalue weighted by Crippen LogP contribution is -2.13. The smallest absolute Gasteiger partial charge is 0.182 e. The Morgan fingerprint density at radius 1 is 1.44 bits per heavy atom. The van der Waals surface area contributed by atoms with Crippen LogP contribution in [0, 0.1) is 0 Å². The van der Waals surface area contributed by atoms with Crippen LogP contribution in [0.15, 0.2) is 27.6 Å². The quantitative estimate of drug-likeness (QED) is 0.868. The number of halogens is 1. The standard InChI is InChI=1S/C10H14BrNO3S/c1-2-12-9-7-8(11)3-4-10(9)16(14,15)6-5-13/h3-4,7,12-13H,2,5-6H2,1H3. The molecule has 0 aliphatic carbocycles. The van der Waals surface area contributed by atoms with Gasteiger partial charge in [0.25, 0.3) is 0 Å². The number of benzene rings is 1. The number of anilines is 1. The molecule has 6 heteroatoms. The van der Waals surface area contributed by atoms with Crippen molar-refractivity contribution >= 4 is 31.5 Å². The fourth-order valence-electron chi connectivity index (χ4n) is 1.33. The van der Waals surface area contributed by atoms with Crippen LogP contribution in [-0.2, 0) is 9.84 Å². The van der Waals surface area contributed by atoms with Crippen molar-refractivity contribution in [2.45, 2.75) is 11.8 Å². The van der Waals surface area contributed by atoms with Crippen LogP contribution in [0.1, 0.15) is 6.92 Å². The minimum absolute atomic E-state index is 0.228. The van der Waals surface area contributed by atoms with Gasteiger partial charge in [-0.05, 0) is 25.1 Å². The molecule has 1 aromatic carbocycles. The van der Waals surface area contributed by atoms with Crippen molar-refractivity contribution in [1.29, 1.82) is 0 Å². The number of rotatable bonds is 5. The van der Waals surface area contributed by atoms with Crippen LogP contribution in [0.2, 0.25) is 0 Å². The summed E-state index contributed by atoms with van der Waals surface area (Å²) in [4.78, 5) is 0.228. The highest BCUT2D eigenvalue weighted by molar-refractivity contribution is 9.10. The first-order valence-corrected chi connectivity index (χ1v) is 7.33. The molecule has 0 atom stereocenters. The minimum atomic E-state index is -3.41. The molecule has 0 aromatic heterocycles. The summed E-state index contributed by atoms with van der Waals surface area (Å²) in [5.74, 6) is -0.257. The van der Waals surface area contributed by atoms with Gasteiger partial charge in [0.05, 0.1) is 22.9 Å². The van der Waals surface area contributed by atoms with Crippen molar-refractivity contribution in [1.82, 2.24) is 0 Å². The Morgan fingerprint density at radius 2 is 2.12 bits per heavy atom. The van der Waals surface area contributed by atoms with E-state index in [9.17, 15) is 8.42 Å². The van der Waals surface area contributed by atoms with E-state index in [4.69, 9.17) is 5.11 Å². The number of nitrogens with one attached hydrogen (secondary N) is 1. The summed E-state index contributed by atoms with van der Waals surface area (Å²) in [7, 11) is -3.41. The van der Waals surface area contributed by atoms with Gasteiger partial charge in [-0.25, -0.2) is 8.42 Å². The first-order chi connectivity index (χ1) is 7.51. The molecule has 0 radical (unpaired) electrons. The zero-order chi connectivity index (χ0) is 12.2. The van der Waals surface area contributed by atoms with Crippen LogP contribution in [-0.4, -0.2) is 32.4 Å². The zero-order valence-electron chi connectivity index (χ0n) is 8.90. The third kappa shape index (κ3) is 3.20. The monoisotopic (exact) mass is 307 g/mol. The summed E-state index contributed by atoms with van der Waals surface area (Å²) in [6.07, 6.45) is 0. The summed E-state index contributed by atoms with van der Waals surface area (Å²) in [6, 6.07) is 4.92. The zero-order valence-corrected chi connectivity index (χ0v) is 11.3. The molecule has 0 saturated heterocycles. The van der Waals surface area contributed by atoms with E-state index in [0.717, 1.165) is 4.47 Å². The van der Waals surface area contributed by atoms with Gasteiger partial charge in [-0.2, -0.15) is 0 Å². The van der Waals surface area contributed by atoms with E-state index < -0.39 is 9.84 Å². The molecular weight excluding hydrogens is 294 g/mol. The third-order valence-electron chi connectivity index (χ3n) is 2.00. The van der Waals surface area contributed by atoms with Gasteiger partial charge in [-0.3, -0.25) is 0 Å². The highest BCUT2D eigenvalue weighted by Gasteiger charge is 2.17. The fraction of sp³-hybridized carbons (Fsp3) is 0.400. The molecule has 2 N–H and O–H groups in total. The first-order valence-electron chi connectivity index (χ1n) is 4.88. The Labute approximate surface area is 104 Å². The summed E-state index contributed by atoms with van der Waals surface area (Å²) in [5, 5.41) is 11.7. The van der Waals surface area contributed by atoms with E-state index in [1.165, 1.54) is 6.07 Å². The number of aliphatic hydroxyl groups excluding tert-OH is 1. The lowest BCUT2D eigenvalue weighted by atomic mass is 10.3. The summed E-state index contributed by atoms with van der Waals surface area (Å²) >= 11 is 3.29. The second-order valence-electron chi connectivity index (χ2n) is 3.21. The molecule has 0 aliphatic heterocycles.